The molecule has 0 aliphatic heterocycles. The molecule has 96 valence electrons. The third-order valence-corrected chi connectivity index (χ3v) is 5.01. The third kappa shape index (κ3) is 2.93. The second-order valence-electron chi connectivity index (χ2n) is 5.32. The predicted molar refractivity (Wildman–Crippen MR) is 80.2 cm³/mol. The van der Waals surface area contributed by atoms with Crippen LogP contribution in [0.3, 0.4) is 0 Å². The van der Waals surface area contributed by atoms with Gasteiger partial charge in [-0.05, 0) is 30.4 Å². The highest BCUT2D eigenvalue weighted by Crippen LogP contribution is 2.25. The van der Waals surface area contributed by atoms with Gasteiger partial charge in [-0.25, -0.2) is 0 Å². The van der Waals surface area contributed by atoms with E-state index >= 15 is 0 Å². The molecule has 1 saturated carbocycles. The summed E-state index contributed by atoms with van der Waals surface area (Å²) in [6.45, 7) is 1.05. The first-order valence-electron chi connectivity index (χ1n) is 7.13. The molecule has 1 fully saturated rings. The van der Waals surface area contributed by atoms with Gasteiger partial charge in [0, 0.05) is 22.2 Å². The Morgan fingerprint density at radius 3 is 2.61 bits per heavy atom. The number of hydrogen-bond donors (Lipinski definition) is 1. The highest BCUT2D eigenvalue weighted by molar-refractivity contribution is 7.19. The molecule has 1 aromatic carbocycles. The summed E-state index contributed by atoms with van der Waals surface area (Å²) in [5.41, 5.74) is 0. The molecule has 1 aromatic heterocycles. The fraction of sp³-hybridized carbons (Fsp3) is 0.500. The molecule has 0 radical (unpaired) electrons. The lowest BCUT2D eigenvalue weighted by atomic mass is 10.1. The van der Waals surface area contributed by atoms with E-state index in [1.807, 2.05) is 11.3 Å². The number of nitrogens with one attached hydrogen (secondary N) is 1. The van der Waals surface area contributed by atoms with Gasteiger partial charge in [0.1, 0.15) is 0 Å². The van der Waals surface area contributed by atoms with Gasteiger partial charge < -0.3 is 5.32 Å². The maximum absolute atomic E-state index is 3.75. The van der Waals surface area contributed by atoms with Crippen molar-refractivity contribution in [2.75, 3.05) is 0 Å². The van der Waals surface area contributed by atoms with Crippen molar-refractivity contribution in [1.82, 2.24) is 5.32 Å². The van der Waals surface area contributed by atoms with E-state index in [2.05, 4.69) is 35.6 Å². The van der Waals surface area contributed by atoms with E-state index in [-0.39, 0.29) is 0 Å². The van der Waals surface area contributed by atoms with E-state index in [9.17, 15) is 0 Å². The summed E-state index contributed by atoms with van der Waals surface area (Å²) in [7, 11) is 0. The van der Waals surface area contributed by atoms with Crippen molar-refractivity contribution in [3.05, 3.63) is 35.2 Å². The normalized spacial score (nSPS) is 18.0. The Balaban J connectivity index is 1.61. The van der Waals surface area contributed by atoms with Crippen molar-refractivity contribution in [3.63, 3.8) is 0 Å². The van der Waals surface area contributed by atoms with E-state index in [0.717, 1.165) is 12.6 Å². The Kier molecular flexibility index (Phi) is 3.96. The Bertz CT molecular complexity index is 462. The minimum atomic E-state index is 0.748. The van der Waals surface area contributed by atoms with Gasteiger partial charge >= 0.3 is 0 Å². The van der Waals surface area contributed by atoms with E-state index in [0.29, 0.717) is 0 Å². The standard InChI is InChI=1S/C16H21NS/c1-2-4-9-14(8-3-1)17-12-15-11-13-7-5-6-10-16(13)18-15/h5-7,10-11,14,17H,1-4,8-9,12H2. The zero-order chi connectivity index (χ0) is 12.2. The summed E-state index contributed by atoms with van der Waals surface area (Å²) < 4.78 is 1.41. The molecule has 2 aromatic rings. The largest absolute Gasteiger partial charge is 0.309 e. The van der Waals surface area contributed by atoms with Gasteiger partial charge in [0.2, 0.25) is 0 Å². The van der Waals surface area contributed by atoms with Crippen LogP contribution in [0.2, 0.25) is 0 Å². The number of hydrogen-bond acceptors (Lipinski definition) is 2. The van der Waals surface area contributed by atoms with Crippen LogP contribution in [0.15, 0.2) is 30.3 Å². The molecular formula is C16H21NS. The average Bonchev–Trinajstić information content (AvgIpc) is 2.63. The first-order valence-corrected chi connectivity index (χ1v) is 7.94. The summed E-state index contributed by atoms with van der Waals surface area (Å²) in [6.07, 6.45) is 8.41. The Labute approximate surface area is 113 Å². The molecule has 1 aliphatic rings. The van der Waals surface area contributed by atoms with Crippen molar-refractivity contribution in [3.8, 4) is 0 Å². The lowest BCUT2D eigenvalue weighted by Crippen LogP contribution is -2.27. The summed E-state index contributed by atoms with van der Waals surface area (Å²) >= 11 is 1.93. The number of thiophene rings is 1. The van der Waals surface area contributed by atoms with Crippen molar-refractivity contribution in [1.29, 1.82) is 0 Å². The lowest BCUT2D eigenvalue weighted by molar-refractivity contribution is 0.461. The highest BCUT2D eigenvalue weighted by atomic mass is 32.1. The molecule has 0 unspecified atom stereocenters. The molecular weight excluding hydrogens is 238 g/mol. The van der Waals surface area contributed by atoms with Crippen LogP contribution in [0.4, 0.5) is 0 Å². The van der Waals surface area contributed by atoms with E-state index in [1.54, 1.807) is 0 Å². The molecule has 1 N–H and O–H groups in total. The SMILES string of the molecule is c1ccc2sc(CNC3CCCCCC3)cc2c1. The van der Waals surface area contributed by atoms with Crippen LogP contribution >= 0.6 is 11.3 Å². The number of rotatable bonds is 3. The van der Waals surface area contributed by atoms with E-state index in [4.69, 9.17) is 0 Å². The first kappa shape index (κ1) is 12.2. The van der Waals surface area contributed by atoms with E-state index in [1.165, 1.54) is 53.5 Å². The Morgan fingerprint density at radius 1 is 1.06 bits per heavy atom. The van der Waals surface area contributed by atoms with Crippen LogP contribution in [0.5, 0.6) is 0 Å². The van der Waals surface area contributed by atoms with Crippen LogP contribution in [-0.2, 0) is 6.54 Å². The lowest BCUT2D eigenvalue weighted by Gasteiger charge is -2.15. The molecule has 3 rings (SSSR count). The smallest absolute Gasteiger partial charge is 0.0346 e. The molecule has 0 spiro atoms. The zero-order valence-corrected chi connectivity index (χ0v) is 11.6. The van der Waals surface area contributed by atoms with Gasteiger partial charge in [-0.15, -0.1) is 11.3 Å². The average molecular weight is 259 g/mol. The van der Waals surface area contributed by atoms with Gasteiger partial charge in [-0.3, -0.25) is 0 Å². The maximum Gasteiger partial charge on any atom is 0.0346 e. The van der Waals surface area contributed by atoms with Crippen LogP contribution in [-0.4, -0.2) is 6.04 Å². The predicted octanol–water partition coefficient (Wildman–Crippen LogP) is 4.71. The van der Waals surface area contributed by atoms with Gasteiger partial charge in [-0.2, -0.15) is 0 Å². The molecule has 0 bridgehead atoms. The molecule has 1 nitrogen and oxygen atoms in total. The number of benzene rings is 1. The van der Waals surface area contributed by atoms with Gasteiger partial charge in [-0.1, -0.05) is 43.9 Å². The maximum atomic E-state index is 3.75. The van der Waals surface area contributed by atoms with Crippen molar-refractivity contribution in [2.24, 2.45) is 0 Å². The second-order valence-corrected chi connectivity index (χ2v) is 6.49. The quantitative estimate of drug-likeness (QED) is 0.787. The molecule has 18 heavy (non-hydrogen) atoms. The monoisotopic (exact) mass is 259 g/mol. The summed E-state index contributed by atoms with van der Waals surface area (Å²) in [4.78, 5) is 1.47. The van der Waals surface area contributed by atoms with Crippen molar-refractivity contribution in [2.45, 2.75) is 51.1 Å². The summed E-state index contributed by atoms with van der Waals surface area (Å²) in [6, 6.07) is 11.8. The van der Waals surface area contributed by atoms with Crippen LogP contribution in [0, 0.1) is 0 Å². The second kappa shape index (κ2) is 5.85. The molecule has 0 amide bonds. The Hall–Kier alpha value is -0.860. The summed E-state index contributed by atoms with van der Waals surface area (Å²) in [5, 5.41) is 5.14. The van der Waals surface area contributed by atoms with Crippen molar-refractivity contribution >= 4 is 21.4 Å². The topological polar surface area (TPSA) is 12.0 Å². The zero-order valence-electron chi connectivity index (χ0n) is 10.8. The molecule has 0 saturated heterocycles. The molecule has 1 heterocycles. The fourth-order valence-corrected chi connectivity index (χ4v) is 3.87. The fourth-order valence-electron chi connectivity index (χ4n) is 2.85. The minimum absolute atomic E-state index is 0.748. The van der Waals surface area contributed by atoms with Crippen LogP contribution in [0.25, 0.3) is 10.1 Å². The molecule has 2 heteroatoms. The first-order chi connectivity index (χ1) is 8.92. The van der Waals surface area contributed by atoms with Gasteiger partial charge in [0.05, 0.1) is 0 Å². The third-order valence-electron chi connectivity index (χ3n) is 3.90. The summed E-state index contributed by atoms with van der Waals surface area (Å²) in [5.74, 6) is 0. The minimum Gasteiger partial charge on any atom is -0.309 e. The Morgan fingerprint density at radius 2 is 1.83 bits per heavy atom. The van der Waals surface area contributed by atoms with Crippen LogP contribution < -0.4 is 5.32 Å². The van der Waals surface area contributed by atoms with E-state index < -0.39 is 0 Å². The highest BCUT2D eigenvalue weighted by Gasteiger charge is 2.11. The van der Waals surface area contributed by atoms with Gasteiger partial charge in [0.15, 0.2) is 0 Å². The van der Waals surface area contributed by atoms with Crippen molar-refractivity contribution < 1.29 is 0 Å². The van der Waals surface area contributed by atoms with Crippen LogP contribution in [0.1, 0.15) is 43.4 Å². The number of fused-ring (bicyclic) bond motifs is 1. The molecule has 1 aliphatic carbocycles. The van der Waals surface area contributed by atoms with Gasteiger partial charge in [0.25, 0.3) is 0 Å². The molecule has 0 atom stereocenters.